The summed E-state index contributed by atoms with van der Waals surface area (Å²) in [5, 5.41) is 20.2. The van der Waals surface area contributed by atoms with E-state index in [9.17, 15) is 45.0 Å². The predicted molar refractivity (Wildman–Crippen MR) is 120 cm³/mol. The first-order chi connectivity index (χ1) is 16.4. The van der Waals surface area contributed by atoms with Crippen LogP contribution in [-0.2, 0) is 21.8 Å². The SMILES string of the molecule is CC1CN(c2ccc(F)cc2C(F)(F)F)CCN1S(=O)(=O)c1ccc(C(O)(C(C)O)C(C)(F)F)cc1. The fraction of sp³-hybridized carbons (Fsp3) is 0.478. The van der Waals surface area contributed by atoms with Crippen LogP contribution in [0.2, 0.25) is 0 Å². The number of anilines is 1. The number of benzene rings is 2. The molecule has 1 saturated heterocycles. The van der Waals surface area contributed by atoms with Gasteiger partial charge in [-0.05, 0) is 49.7 Å². The number of nitrogens with zero attached hydrogens (tertiary/aromatic N) is 2. The maximum atomic E-state index is 14.1. The van der Waals surface area contributed by atoms with Gasteiger partial charge in [0, 0.05) is 38.3 Å². The van der Waals surface area contributed by atoms with E-state index >= 15 is 0 Å². The van der Waals surface area contributed by atoms with Gasteiger partial charge in [-0.2, -0.15) is 17.5 Å². The van der Waals surface area contributed by atoms with Gasteiger partial charge in [-0.25, -0.2) is 21.6 Å². The highest BCUT2D eigenvalue weighted by Gasteiger charge is 2.53. The van der Waals surface area contributed by atoms with Gasteiger partial charge >= 0.3 is 6.18 Å². The highest BCUT2D eigenvalue weighted by molar-refractivity contribution is 7.89. The summed E-state index contributed by atoms with van der Waals surface area (Å²) in [6.45, 7) is 2.49. The number of halogens is 6. The first-order valence-electron chi connectivity index (χ1n) is 10.9. The molecule has 36 heavy (non-hydrogen) atoms. The largest absolute Gasteiger partial charge is 0.418 e. The zero-order valence-corrected chi connectivity index (χ0v) is 20.4. The number of aliphatic hydroxyl groups excluding tert-OH is 1. The molecule has 1 aliphatic rings. The molecule has 0 aliphatic carbocycles. The first kappa shape index (κ1) is 28.2. The number of piperazine rings is 1. The van der Waals surface area contributed by atoms with Crippen molar-refractivity contribution in [2.24, 2.45) is 0 Å². The molecule has 1 heterocycles. The van der Waals surface area contributed by atoms with Gasteiger partial charge in [0.15, 0.2) is 5.60 Å². The van der Waals surface area contributed by atoms with Crippen LogP contribution in [0, 0.1) is 5.82 Å². The second kappa shape index (κ2) is 9.51. The molecule has 2 aromatic carbocycles. The summed E-state index contributed by atoms with van der Waals surface area (Å²) >= 11 is 0. The molecule has 2 aromatic rings. The minimum absolute atomic E-state index is 0.111. The van der Waals surface area contributed by atoms with Gasteiger partial charge in [-0.3, -0.25) is 0 Å². The Kier molecular flexibility index (Phi) is 7.45. The normalized spacial score (nSPS) is 20.8. The summed E-state index contributed by atoms with van der Waals surface area (Å²) in [4.78, 5) is 1.05. The standard InChI is InChI=1S/C23H26F6N2O4S/c1-14-13-30(20-9-6-17(24)12-19(20)23(27,28)29)10-11-31(14)36(34,35)18-7-4-16(5-8-18)22(33,15(2)32)21(3,25)26/h4-9,12,14-15,32-33H,10-11,13H2,1-3H3. The molecule has 0 saturated carbocycles. The minimum Gasteiger partial charge on any atom is -0.390 e. The molecule has 1 aliphatic heterocycles. The molecule has 0 spiro atoms. The zero-order chi connectivity index (χ0) is 27.3. The van der Waals surface area contributed by atoms with Crippen LogP contribution in [0.5, 0.6) is 0 Å². The van der Waals surface area contributed by atoms with E-state index in [1.54, 1.807) is 0 Å². The molecule has 0 aromatic heterocycles. The fourth-order valence-electron chi connectivity index (χ4n) is 4.41. The van der Waals surface area contributed by atoms with Crippen molar-refractivity contribution < 1.29 is 45.0 Å². The van der Waals surface area contributed by atoms with Crippen LogP contribution in [0.3, 0.4) is 0 Å². The minimum atomic E-state index is -4.81. The highest BCUT2D eigenvalue weighted by Crippen LogP contribution is 2.41. The third-order valence-electron chi connectivity index (χ3n) is 6.35. The van der Waals surface area contributed by atoms with E-state index in [1.807, 2.05) is 0 Å². The van der Waals surface area contributed by atoms with E-state index < -0.39 is 56.8 Å². The van der Waals surface area contributed by atoms with Crippen LogP contribution in [0.25, 0.3) is 0 Å². The number of sulfonamides is 1. The third-order valence-corrected chi connectivity index (χ3v) is 8.37. The Morgan fingerprint density at radius 2 is 1.61 bits per heavy atom. The van der Waals surface area contributed by atoms with Crippen LogP contribution >= 0.6 is 0 Å². The summed E-state index contributed by atoms with van der Waals surface area (Å²) in [6, 6.07) is 5.49. The molecule has 0 bridgehead atoms. The van der Waals surface area contributed by atoms with Crippen molar-refractivity contribution in [2.75, 3.05) is 24.5 Å². The van der Waals surface area contributed by atoms with E-state index in [0.29, 0.717) is 13.0 Å². The molecule has 13 heteroatoms. The Morgan fingerprint density at radius 1 is 1.03 bits per heavy atom. The Hall–Kier alpha value is -2.35. The van der Waals surface area contributed by atoms with Crippen LogP contribution in [0.15, 0.2) is 47.4 Å². The molecule has 6 nitrogen and oxygen atoms in total. The zero-order valence-electron chi connectivity index (χ0n) is 19.6. The predicted octanol–water partition coefficient (Wildman–Crippen LogP) is 3.97. The lowest BCUT2D eigenvalue weighted by atomic mass is 9.83. The highest BCUT2D eigenvalue weighted by atomic mass is 32.2. The van der Waals surface area contributed by atoms with Crippen molar-refractivity contribution in [3.63, 3.8) is 0 Å². The Balaban J connectivity index is 1.86. The first-order valence-corrected chi connectivity index (χ1v) is 12.4. The lowest BCUT2D eigenvalue weighted by Gasteiger charge is -2.41. The molecule has 3 rings (SSSR count). The van der Waals surface area contributed by atoms with Gasteiger partial charge in [0.2, 0.25) is 10.0 Å². The van der Waals surface area contributed by atoms with Crippen LogP contribution < -0.4 is 4.90 Å². The number of hydrogen-bond donors (Lipinski definition) is 2. The van der Waals surface area contributed by atoms with Crippen LogP contribution in [0.1, 0.15) is 31.9 Å². The Morgan fingerprint density at radius 3 is 2.08 bits per heavy atom. The Bertz CT molecular complexity index is 1200. The average molecular weight is 541 g/mol. The molecule has 0 amide bonds. The van der Waals surface area contributed by atoms with E-state index in [2.05, 4.69) is 0 Å². The maximum absolute atomic E-state index is 14.1. The second-order valence-corrected chi connectivity index (χ2v) is 10.8. The van der Waals surface area contributed by atoms with Crippen molar-refractivity contribution in [3.05, 3.63) is 59.4 Å². The van der Waals surface area contributed by atoms with Crippen LogP contribution in [-0.4, -0.2) is 60.6 Å². The van der Waals surface area contributed by atoms with Gasteiger partial charge in [-0.15, -0.1) is 0 Å². The van der Waals surface area contributed by atoms with E-state index in [0.717, 1.165) is 47.6 Å². The summed E-state index contributed by atoms with van der Waals surface area (Å²) in [5.74, 6) is -4.80. The molecule has 2 N–H and O–H groups in total. The summed E-state index contributed by atoms with van der Waals surface area (Å²) in [6.07, 6.45) is -6.68. The van der Waals surface area contributed by atoms with Gasteiger partial charge in [0.25, 0.3) is 5.92 Å². The van der Waals surface area contributed by atoms with Crippen molar-refractivity contribution >= 4 is 15.7 Å². The van der Waals surface area contributed by atoms with Crippen LogP contribution in [0.4, 0.5) is 32.0 Å². The summed E-state index contributed by atoms with van der Waals surface area (Å²) in [7, 11) is -4.19. The smallest absolute Gasteiger partial charge is 0.390 e. The summed E-state index contributed by atoms with van der Waals surface area (Å²) in [5.41, 5.74) is -4.78. The van der Waals surface area contributed by atoms with Crippen molar-refractivity contribution in [1.82, 2.24) is 4.31 Å². The van der Waals surface area contributed by atoms with Gasteiger partial charge < -0.3 is 15.1 Å². The van der Waals surface area contributed by atoms with E-state index in [-0.39, 0.29) is 30.2 Å². The van der Waals surface area contributed by atoms with Gasteiger partial charge in [0.05, 0.1) is 16.6 Å². The fourth-order valence-corrected chi connectivity index (χ4v) is 6.02. The number of rotatable bonds is 6. The quantitative estimate of drug-likeness (QED) is 0.543. The summed E-state index contributed by atoms with van der Waals surface area (Å²) < 4.78 is 109. The molecular weight excluding hydrogens is 514 g/mol. The maximum Gasteiger partial charge on any atom is 0.418 e. The number of alkyl halides is 5. The van der Waals surface area contributed by atoms with E-state index in [1.165, 1.54) is 11.8 Å². The topological polar surface area (TPSA) is 81.1 Å². The average Bonchev–Trinajstić information content (AvgIpc) is 2.76. The Labute approximate surface area is 204 Å². The molecule has 200 valence electrons. The van der Waals surface area contributed by atoms with Gasteiger partial charge in [0.1, 0.15) is 5.82 Å². The molecule has 3 atom stereocenters. The molecule has 1 fully saturated rings. The van der Waals surface area contributed by atoms with Crippen molar-refractivity contribution in [3.8, 4) is 0 Å². The molecule has 3 unspecified atom stereocenters. The third kappa shape index (κ3) is 5.06. The van der Waals surface area contributed by atoms with Crippen molar-refractivity contribution in [1.29, 1.82) is 0 Å². The van der Waals surface area contributed by atoms with Gasteiger partial charge in [-0.1, -0.05) is 12.1 Å². The monoisotopic (exact) mass is 540 g/mol. The number of aliphatic hydroxyl groups is 2. The lowest BCUT2D eigenvalue weighted by Crippen LogP contribution is -2.54. The lowest BCUT2D eigenvalue weighted by molar-refractivity contribution is -0.220. The molecule has 0 radical (unpaired) electrons. The second-order valence-electron chi connectivity index (χ2n) is 8.93. The number of hydrogen-bond acceptors (Lipinski definition) is 5. The molecular formula is C23H26F6N2O4S. The van der Waals surface area contributed by atoms with Crippen molar-refractivity contribution in [2.45, 2.75) is 55.5 Å². The van der Waals surface area contributed by atoms with E-state index in [4.69, 9.17) is 0 Å².